The lowest BCUT2D eigenvalue weighted by atomic mass is 9.98. The van der Waals surface area contributed by atoms with E-state index in [2.05, 4.69) is 23.2 Å². The third kappa shape index (κ3) is 1.92. The van der Waals surface area contributed by atoms with Crippen LogP contribution in [0.1, 0.15) is 32.6 Å². The molecule has 2 saturated heterocycles. The summed E-state index contributed by atoms with van der Waals surface area (Å²) in [5.74, 6) is 0. The predicted molar refractivity (Wildman–Crippen MR) is 55.8 cm³/mol. The van der Waals surface area contributed by atoms with Gasteiger partial charge >= 0.3 is 0 Å². The normalized spacial score (nSPS) is 35.9. The molecule has 2 atom stereocenters. The van der Waals surface area contributed by atoms with E-state index >= 15 is 0 Å². The fraction of sp³-hybridized carbons (Fsp3) is 0.909. The zero-order valence-corrected chi connectivity index (χ0v) is 8.87. The van der Waals surface area contributed by atoms with Crippen molar-refractivity contribution in [1.82, 2.24) is 10.2 Å². The number of hydrogen-bond acceptors (Lipinski definition) is 3. The first kappa shape index (κ1) is 9.95. The van der Waals surface area contributed by atoms with Crippen molar-refractivity contribution < 1.29 is 0 Å². The molecular weight excluding hydrogens is 174 g/mol. The zero-order chi connectivity index (χ0) is 9.97. The Kier molecular flexibility index (Phi) is 3.05. The van der Waals surface area contributed by atoms with Crippen LogP contribution in [-0.2, 0) is 0 Å². The Morgan fingerprint density at radius 3 is 2.50 bits per heavy atom. The summed E-state index contributed by atoms with van der Waals surface area (Å²) in [6.45, 7) is 3.76. The molecule has 2 heterocycles. The van der Waals surface area contributed by atoms with Crippen molar-refractivity contribution in [3.8, 4) is 6.07 Å². The summed E-state index contributed by atoms with van der Waals surface area (Å²) in [6, 6.07) is 4.38. The summed E-state index contributed by atoms with van der Waals surface area (Å²) in [4.78, 5) is 2.33. The standard InChI is InChI=1S/C11H19N3/c1-2-14(6-5-12)11-7-9-3-4-10(8-11)13-9/h9-11,13H,2-4,6-8H2,1H3. The van der Waals surface area contributed by atoms with E-state index in [1.165, 1.54) is 25.7 Å². The van der Waals surface area contributed by atoms with Crippen LogP contribution < -0.4 is 5.32 Å². The summed E-state index contributed by atoms with van der Waals surface area (Å²) in [7, 11) is 0. The molecule has 0 amide bonds. The van der Waals surface area contributed by atoms with Crippen LogP contribution in [0.25, 0.3) is 0 Å². The van der Waals surface area contributed by atoms with Gasteiger partial charge in [-0.05, 0) is 32.2 Å². The van der Waals surface area contributed by atoms with Crippen LogP contribution in [0.5, 0.6) is 0 Å². The van der Waals surface area contributed by atoms with Crippen LogP contribution in [0.15, 0.2) is 0 Å². The Bertz CT molecular complexity index is 221. The van der Waals surface area contributed by atoms with Gasteiger partial charge in [0, 0.05) is 18.1 Å². The average molecular weight is 193 g/mol. The molecule has 2 bridgehead atoms. The number of hydrogen-bond donors (Lipinski definition) is 1. The van der Waals surface area contributed by atoms with Gasteiger partial charge in [-0.25, -0.2) is 0 Å². The highest BCUT2D eigenvalue weighted by Gasteiger charge is 2.35. The SMILES string of the molecule is CCN(CC#N)C1CC2CCC(C1)N2. The molecule has 0 aromatic heterocycles. The number of rotatable bonds is 3. The highest BCUT2D eigenvalue weighted by atomic mass is 15.2. The van der Waals surface area contributed by atoms with Gasteiger partial charge in [0.1, 0.15) is 0 Å². The Labute approximate surface area is 86.1 Å². The second-order valence-electron chi connectivity index (χ2n) is 4.48. The minimum Gasteiger partial charge on any atom is -0.311 e. The van der Waals surface area contributed by atoms with Crippen LogP contribution >= 0.6 is 0 Å². The Hall–Kier alpha value is -0.590. The topological polar surface area (TPSA) is 39.1 Å². The van der Waals surface area contributed by atoms with Gasteiger partial charge in [-0.1, -0.05) is 6.92 Å². The van der Waals surface area contributed by atoms with Crippen molar-refractivity contribution >= 4 is 0 Å². The monoisotopic (exact) mass is 193 g/mol. The second kappa shape index (κ2) is 4.29. The lowest BCUT2D eigenvalue weighted by Gasteiger charge is -2.35. The fourth-order valence-corrected chi connectivity index (χ4v) is 2.92. The molecule has 14 heavy (non-hydrogen) atoms. The summed E-state index contributed by atoms with van der Waals surface area (Å²) in [5.41, 5.74) is 0. The Morgan fingerprint density at radius 1 is 1.36 bits per heavy atom. The molecule has 0 aromatic rings. The molecule has 0 spiro atoms. The fourth-order valence-electron chi connectivity index (χ4n) is 2.92. The highest BCUT2D eigenvalue weighted by molar-refractivity contribution is 4.96. The van der Waals surface area contributed by atoms with E-state index in [1.807, 2.05) is 0 Å². The van der Waals surface area contributed by atoms with Gasteiger partial charge in [0.25, 0.3) is 0 Å². The van der Waals surface area contributed by atoms with Gasteiger partial charge in [-0.3, -0.25) is 4.90 Å². The summed E-state index contributed by atoms with van der Waals surface area (Å²) < 4.78 is 0. The molecule has 1 N–H and O–H groups in total. The first-order valence-corrected chi connectivity index (χ1v) is 5.70. The van der Waals surface area contributed by atoms with Crippen LogP contribution in [0.2, 0.25) is 0 Å². The molecular formula is C11H19N3. The van der Waals surface area contributed by atoms with Crippen molar-refractivity contribution in [3.63, 3.8) is 0 Å². The van der Waals surface area contributed by atoms with Crippen molar-refractivity contribution in [2.24, 2.45) is 0 Å². The first-order valence-electron chi connectivity index (χ1n) is 5.70. The molecule has 2 unspecified atom stereocenters. The smallest absolute Gasteiger partial charge is 0.0868 e. The third-order valence-corrected chi connectivity index (χ3v) is 3.64. The lowest BCUT2D eigenvalue weighted by Crippen LogP contribution is -2.48. The van der Waals surface area contributed by atoms with E-state index in [4.69, 9.17) is 5.26 Å². The van der Waals surface area contributed by atoms with E-state index in [9.17, 15) is 0 Å². The van der Waals surface area contributed by atoms with Gasteiger partial charge < -0.3 is 5.32 Å². The van der Waals surface area contributed by atoms with E-state index in [1.54, 1.807) is 0 Å². The van der Waals surface area contributed by atoms with Gasteiger partial charge in [0.2, 0.25) is 0 Å². The maximum Gasteiger partial charge on any atom is 0.0868 e. The van der Waals surface area contributed by atoms with Gasteiger partial charge in [0.05, 0.1) is 12.6 Å². The molecule has 2 aliphatic heterocycles. The highest BCUT2D eigenvalue weighted by Crippen LogP contribution is 2.29. The number of piperidine rings is 1. The first-order chi connectivity index (χ1) is 6.83. The molecule has 2 fully saturated rings. The predicted octanol–water partition coefficient (Wildman–Crippen LogP) is 1.11. The van der Waals surface area contributed by atoms with E-state index in [0.717, 1.165) is 18.6 Å². The summed E-state index contributed by atoms with van der Waals surface area (Å²) in [6.07, 6.45) is 5.16. The van der Waals surface area contributed by atoms with Gasteiger partial charge in [0.15, 0.2) is 0 Å². The zero-order valence-electron chi connectivity index (χ0n) is 8.87. The summed E-state index contributed by atoms with van der Waals surface area (Å²) >= 11 is 0. The molecule has 0 saturated carbocycles. The van der Waals surface area contributed by atoms with Crippen LogP contribution in [-0.4, -0.2) is 36.1 Å². The van der Waals surface area contributed by atoms with Crippen LogP contribution in [0.3, 0.4) is 0 Å². The largest absolute Gasteiger partial charge is 0.311 e. The Morgan fingerprint density at radius 2 is 2.00 bits per heavy atom. The number of fused-ring (bicyclic) bond motifs is 2. The van der Waals surface area contributed by atoms with E-state index in [0.29, 0.717) is 12.6 Å². The molecule has 0 aliphatic carbocycles. The third-order valence-electron chi connectivity index (χ3n) is 3.64. The molecule has 3 heteroatoms. The molecule has 0 aromatic carbocycles. The summed E-state index contributed by atoms with van der Waals surface area (Å²) in [5, 5.41) is 12.4. The number of nitrogens with zero attached hydrogens (tertiary/aromatic N) is 2. The van der Waals surface area contributed by atoms with Gasteiger partial charge in [-0.15, -0.1) is 0 Å². The van der Waals surface area contributed by atoms with Crippen LogP contribution in [0, 0.1) is 11.3 Å². The Balaban J connectivity index is 1.94. The van der Waals surface area contributed by atoms with Crippen molar-refractivity contribution in [2.45, 2.75) is 50.7 Å². The molecule has 78 valence electrons. The molecule has 3 nitrogen and oxygen atoms in total. The van der Waals surface area contributed by atoms with Crippen molar-refractivity contribution in [3.05, 3.63) is 0 Å². The van der Waals surface area contributed by atoms with E-state index < -0.39 is 0 Å². The maximum absolute atomic E-state index is 8.74. The number of nitriles is 1. The average Bonchev–Trinajstić information content (AvgIpc) is 2.54. The van der Waals surface area contributed by atoms with E-state index in [-0.39, 0.29) is 0 Å². The van der Waals surface area contributed by atoms with Gasteiger partial charge in [-0.2, -0.15) is 5.26 Å². The van der Waals surface area contributed by atoms with Crippen molar-refractivity contribution in [2.75, 3.05) is 13.1 Å². The quantitative estimate of drug-likeness (QED) is 0.683. The maximum atomic E-state index is 8.74. The molecule has 0 radical (unpaired) electrons. The number of nitrogens with one attached hydrogen (secondary N) is 1. The molecule has 2 aliphatic rings. The lowest BCUT2D eigenvalue weighted by molar-refractivity contribution is 0.164. The minimum absolute atomic E-state index is 0.598. The second-order valence-corrected chi connectivity index (χ2v) is 4.48. The minimum atomic E-state index is 0.598. The van der Waals surface area contributed by atoms with Crippen LogP contribution in [0.4, 0.5) is 0 Å². The van der Waals surface area contributed by atoms with Crippen molar-refractivity contribution in [1.29, 1.82) is 5.26 Å². The molecule has 2 rings (SSSR count).